The Morgan fingerprint density at radius 1 is 0.771 bits per heavy atom. The second-order valence-corrected chi connectivity index (χ2v) is 21.0. The van der Waals surface area contributed by atoms with Gasteiger partial charge in [0.05, 0.1) is 51.2 Å². The number of alkyl carbamates (subject to hydrolysis) is 1. The smallest absolute Gasteiger partial charge is 0.410 e. The third-order valence-electron chi connectivity index (χ3n) is 11.1. The van der Waals surface area contributed by atoms with Gasteiger partial charge in [-0.1, -0.05) is 66.7 Å². The highest BCUT2D eigenvalue weighted by Crippen LogP contribution is 2.42. The standard InChI is InChI=1S/C48H53IN8O11S2/c1-48(2,3)68-47(59)54-29-40(50-46(58)67-31-35-10-8-7-9-11-35)42(30-54)57(69(60)61)41-25-24-39(49)43(45-51-53-56(52-45)28-34-16-22-38(66-6)23-17-34)44(41)70(62,63)55(26-32-12-18-36(64-4)19-13-32)27-33-14-20-37(65-5)21-15-33/h7-25,40,42,69H,26-31H2,1-6H3,(H,50,58)/t40-,42-/m0/s1. The van der Waals surface area contributed by atoms with Gasteiger partial charge in [0.2, 0.25) is 26.7 Å². The molecule has 1 aromatic heterocycles. The van der Waals surface area contributed by atoms with Crippen LogP contribution in [0.15, 0.2) is 120 Å². The van der Waals surface area contributed by atoms with Crippen LogP contribution in [0.2, 0.25) is 0 Å². The Bertz CT molecular complexity index is 2900. The normalized spacial score (nSPS) is 14.9. The predicted octanol–water partition coefficient (Wildman–Crippen LogP) is 6.66. The molecular weight excluding hydrogens is 1060 g/mol. The molecule has 1 fully saturated rings. The summed E-state index contributed by atoms with van der Waals surface area (Å²) in [6.07, 6.45) is -1.68. The quantitative estimate of drug-likeness (QED) is 0.0681. The third-order valence-corrected chi connectivity index (χ3v) is 14.7. The van der Waals surface area contributed by atoms with Crippen molar-refractivity contribution in [3.63, 3.8) is 0 Å². The number of carbonyl (C=O) groups is 2. The first-order valence-electron chi connectivity index (χ1n) is 21.8. The van der Waals surface area contributed by atoms with Crippen LogP contribution < -0.4 is 23.8 Å². The number of benzene rings is 5. The van der Waals surface area contributed by atoms with Crippen LogP contribution >= 0.6 is 22.6 Å². The largest absolute Gasteiger partial charge is 0.497 e. The van der Waals surface area contributed by atoms with Crippen LogP contribution in [0, 0.1) is 3.57 Å². The number of rotatable bonds is 18. The molecule has 0 saturated carbocycles. The van der Waals surface area contributed by atoms with E-state index in [-0.39, 0.29) is 56.4 Å². The van der Waals surface area contributed by atoms with E-state index in [4.69, 9.17) is 23.7 Å². The fourth-order valence-corrected chi connectivity index (χ4v) is 11.2. The number of likely N-dealkylation sites (tertiary alicyclic amines) is 1. The van der Waals surface area contributed by atoms with E-state index in [0.29, 0.717) is 37.5 Å². The number of sulfonamides is 1. The Balaban J connectivity index is 1.39. The molecule has 1 aliphatic rings. The lowest BCUT2D eigenvalue weighted by atomic mass is 10.1. The number of nitrogens with zero attached hydrogens (tertiary/aromatic N) is 7. The van der Waals surface area contributed by atoms with E-state index in [0.717, 1.165) is 9.87 Å². The molecule has 19 nitrogen and oxygen atoms in total. The Kier molecular flexibility index (Phi) is 16.5. The molecule has 5 aromatic carbocycles. The number of halogens is 1. The minimum absolute atomic E-state index is 0.0378. The summed E-state index contributed by atoms with van der Waals surface area (Å²) in [5, 5.41) is 16.1. The van der Waals surface area contributed by atoms with E-state index in [1.807, 2.05) is 40.8 Å². The van der Waals surface area contributed by atoms with Crippen molar-refractivity contribution >= 4 is 61.4 Å². The Morgan fingerprint density at radius 2 is 1.33 bits per heavy atom. The summed E-state index contributed by atoms with van der Waals surface area (Å²) in [4.78, 5) is 29.4. The summed E-state index contributed by atoms with van der Waals surface area (Å²) in [5.41, 5.74) is 1.39. The van der Waals surface area contributed by atoms with E-state index in [2.05, 4.69) is 20.7 Å². The molecule has 2 atom stereocenters. The van der Waals surface area contributed by atoms with Gasteiger partial charge in [-0.25, -0.2) is 26.4 Å². The summed E-state index contributed by atoms with van der Waals surface area (Å²) in [7, 11) is -4.00. The third kappa shape index (κ3) is 12.6. The van der Waals surface area contributed by atoms with Gasteiger partial charge in [0.1, 0.15) is 34.4 Å². The summed E-state index contributed by atoms with van der Waals surface area (Å²) in [6, 6.07) is 30.4. The van der Waals surface area contributed by atoms with Crippen LogP contribution in [0.1, 0.15) is 43.0 Å². The molecule has 0 spiro atoms. The number of hydrogen-bond donors (Lipinski definition) is 2. The molecule has 6 aromatic rings. The fraction of sp³-hybridized carbons (Fsp3) is 0.312. The van der Waals surface area contributed by atoms with Gasteiger partial charge in [-0.15, -0.1) is 10.2 Å². The minimum Gasteiger partial charge on any atom is -0.497 e. The van der Waals surface area contributed by atoms with E-state index < -0.39 is 55.7 Å². The number of methoxy groups -OCH3 is 3. The Hall–Kier alpha value is -6.50. The second kappa shape index (κ2) is 22.5. The molecule has 0 radical (unpaired) electrons. The van der Waals surface area contributed by atoms with Crippen LogP contribution in [0.25, 0.3) is 11.4 Å². The summed E-state index contributed by atoms with van der Waals surface area (Å²) in [5.74, 6) is 1.64. The average molecular weight is 1110 g/mol. The highest BCUT2D eigenvalue weighted by Gasteiger charge is 2.45. The van der Waals surface area contributed by atoms with Gasteiger partial charge < -0.3 is 33.9 Å². The number of tetrazole rings is 1. The van der Waals surface area contributed by atoms with Gasteiger partial charge in [-0.2, -0.15) is 9.10 Å². The van der Waals surface area contributed by atoms with Gasteiger partial charge >= 0.3 is 12.2 Å². The van der Waals surface area contributed by atoms with Crippen molar-refractivity contribution in [2.24, 2.45) is 0 Å². The zero-order valence-corrected chi connectivity index (χ0v) is 43.1. The number of thiol groups is 1. The maximum Gasteiger partial charge on any atom is 0.410 e. The predicted molar refractivity (Wildman–Crippen MR) is 268 cm³/mol. The molecule has 70 heavy (non-hydrogen) atoms. The molecule has 1 aliphatic heterocycles. The van der Waals surface area contributed by atoms with E-state index >= 15 is 8.42 Å². The first-order chi connectivity index (χ1) is 33.5. The fourth-order valence-electron chi connectivity index (χ4n) is 7.68. The van der Waals surface area contributed by atoms with Gasteiger partial charge in [0.25, 0.3) is 0 Å². The molecule has 0 aliphatic carbocycles. The number of amides is 2. The summed E-state index contributed by atoms with van der Waals surface area (Å²) in [6.45, 7) is 4.19. The first kappa shape index (κ1) is 51.4. The summed E-state index contributed by atoms with van der Waals surface area (Å²) >= 11 is 1.97. The summed E-state index contributed by atoms with van der Waals surface area (Å²) < 4.78 is 90.0. The number of nitrogens with one attached hydrogen (secondary N) is 1. The van der Waals surface area contributed by atoms with Crippen LogP contribution in [-0.4, -0.2) is 111 Å². The zero-order valence-electron chi connectivity index (χ0n) is 39.2. The van der Waals surface area contributed by atoms with Gasteiger partial charge in [-0.3, -0.25) is 4.31 Å². The van der Waals surface area contributed by atoms with Gasteiger partial charge in [0.15, 0.2) is 0 Å². The van der Waals surface area contributed by atoms with Crippen molar-refractivity contribution in [2.45, 2.75) is 69.6 Å². The van der Waals surface area contributed by atoms with Gasteiger partial charge in [0, 0.05) is 29.7 Å². The maximum atomic E-state index is 16.0. The SMILES string of the molecule is COc1ccc(CN(Cc2ccc(OC)cc2)S(=O)(=O)c2c(N([C@H]3CN(C(=O)OC(C)(C)C)C[C@@H]3NC(=O)OCc3ccccc3)[SH](=O)=O)ccc(I)c2-c2nnn(Cc3ccc(OC)cc3)n2)cc1. The number of ether oxygens (including phenoxy) is 5. The number of aromatic nitrogens is 4. The molecule has 0 unspecified atom stereocenters. The Labute approximate surface area is 421 Å². The molecule has 22 heteroatoms. The van der Waals surface area contributed by atoms with Crippen LogP contribution in [0.4, 0.5) is 15.3 Å². The van der Waals surface area contributed by atoms with Crippen molar-refractivity contribution in [3.05, 3.63) is 141 Å². The lowest BCUT2D eigenvalue weighted by molar-refractivity contribution is 0.0288. The van der Waals surface area contributed by atoms with Crippen molar-refractivity contribution in [1.82, 2.24) is 34.7 Å². The lowest BCUT2D eigenvalue weighted by Crippen LogP contribution is -2.51. The topological polar surface area (TPSA) is 214 Å². The number of anilines is 1. The molecular formula is C48H53IN8O11S2. The van der Waals surface area contributed by atoms with Crippen molar-refractivity contribution in [2.75, 3.05) is 38.7 Å². The van der Waals surface area contributed by atoms with Crippen molar-refractivity contribution in [1.29, 1.82) is 0 Å². The van der Waals surface area contributed by atoms with Crippen molar-refractivity contribution < 1.29 is 50.1 Å². The van der Waals surface area contributed by atoms with E-state index in [9.17, 15) is 18.0 Å². The molecule has 7 rings (SSSR count). The second-order valence-electron chi connectivity index (χ2n) is 17.1. The molecule has 2 heterocycles. The zero-order chi connectivity index (χ0) is 50.2. The lowest BCUT2D eigenvalue weighted by Gasteiger charge is -2.32. The highest BCUT2D eigenvalue weighted by molar-refractivity contribution is 14.1. The number of hydrogen-bond acceptors (Lipinski definition) is 14. The molecule has 2 amide bonds. The average Bonchev–Trinajstić information content (AvgIpc) is 3.98. The van der Waals surface area contributed by atoms with Crippen LogP contribution in [0.3, 0.4) is 0 Å². The molecule has 0 bridgehead atoms. The Morgan fingerprint density at radius 3 is 1.86 bits per heavy atom. The van der Waals surface area contributed by atoms with Crippen LogP contribution in [0.5, 0.6) is 17.2 Å². The molecule has 1 saturated heterocycles. The maximum absolute atomic E-state index is 16.0. The van der Waals surface area contributed by atoms with Gasteiger partial charge in [-0.05, 0) is 119 Å². The van der Waals surface area contributed by atoms with E-state index in [1.165, 1.54) is 34.3 Å². The van der Waals surface area contributed by atoms with E-state index in [1.54, 1.807) is 119 Å². The number of carbonyl (C=O) groups excluding carboxylic acids is 2. The monoisotopic (exact) mass is 1110 g/mol. The highest BCUT2D eigenvalue weighted by atomic mass is 127. The first-order valence-corrected chi connectivity index (χ1v) is 25.5. The van der Waals surface area contributed by atoms with Crippen molar-refractivity contribution in [3.8, 4) is 28.6 Å². The molecule has 370 valence electrons. The minimum atomic E-state index is -4.85. The molecule has 1 N–H and O–H groups in total. The van der Waals surface area contributed by atoms with Crippen LogP contribution in [-0.2, 0) is 56.6 Å².